The van der Waals surface area contributed by atoms with Crippen LogP contribution in [0.5, 0.6) is 0 Å². The minimum absolute atomic E-state index is 0.0224. The number of piperazine rings is 1. The second-order valence-corrected chi connectivity index (χ2v) is 12.8. The molecule has 3 aromatic carbocycles. The molecule has 0 spiro atoms. The third-order valence-electron chi connectivity index (χ3n) is 8.86. The number of carbonyl (C=O) groups is 4. The van der Waals surface area contributed by atoms with Crippen molar-refractivity contribution in [2.45, 2.75) is 44.9 Å². The fraction of sp³-hybridized carbons (Fsp3) is 0.343. The van der Waals surface area contributed by atoms with Crippen molar-refractivity contribution in [1.82, 2.24) is 29.8 Å². The molecule has 0 bridgehead atoms. The number of benzene rings is 3. The monoisotopic (exact) mass is 691 g/mol. The van der Waals surface area contributed by atoms with E-state index in [1.165, 1.54) is 33.8 Å². The molecule has 0 unspecified atom stereocenters. The van der Waals surface area contributed by atoms with Gasteiger partial charge in [0.25, 0.3) is 5.91 Å². The van der Waals surface area contributed by atoms with Crippen LogP contribution in [-0.2, 0) is 40.4 Å². The van der Waals surface area contributed by atoms with Crippen LogP contribution in [0.3, 0.4) is 0 Å². The molecule has 1 saturated carbocycles. The summed E-state index contributed by atoms with van der Waals surface area (Å²) in [7, 11) is 0. The largest absolute Gasteiger partial charge is 0.364 e. The molecule has 2 aliphatic rings. The third-order valence-corrected chi connectivity index (χ3v) is 9.15. The predicted octanol–water partition coefficient (Wildman–Crippen LogP) is 3.26. The molecule has 3 N–H and O–H groups in total. The first-order valence-corrected chi connectivity index (χ1v) is 16.5. The molecular weight excluding hydrogens is 656 g/mol. The lowest BCUT2D eigenvalue weighted by Crippen LogP contribution is -2.48. The third kappa shape index (κ3) is 8.23. The summed E-state index contributed by atoms with van der Waals surface area (Å²) < 4.78 is 28.9. The van der Waals surface area contributed by atoms with Gasteiger partial charge >= 0.3 is 0 Å². The van der Waals surface area contributed by atoms with Gasteiger partial charge in [0.1, 0.15) is 18.2 Å². The molecule has 2 heterocycles. The molecule has 49 heavy (non-hydrogen) atoms. The van der Waals surface area contributed by atoms with Gasteiger partial charge in [-0.1, -0.05) is 41.9 Å². The van der Waals surface area contributed by atoms with E-state index in [1.807, 2.05) is 0 Å². The first-order chi connectivity index (χ1) is 23.5. The van der Waals surface area contributed by atoms with Gasteiger partial charge in [-0.2, -0.15) is 5.10 Å². The topological polar surface area (TPSA) is 134 Å². The maximum Gasteiger partial charge on any atom is 0.269 e. The van der Waals surface area contributed by atoms with E-state index in [0.29, 0.717) is 49.2 Å². The van der Waals surface area contributed by atoms with Crippen LogP contribution in [0.2, 0.25) is 5.02 Å². The van der Waals surface area contributed by atoms with E-state index in [4.69, 9.17) is 17.3 Å². The van der Waals surface area contributed by atoms with Crippen molar-refractivity contribution < 1.29 is 28.0 Å². The summed E-state index contributed by atoms with van der Waals surface area (Å²) in [5, 5.41) is 7.37. The number of amides is 4. The Morgan fingerprint density at radius 2 is 1.67 bits per heavy atom. The fourth-order valence-electron chi connectivity index (χ4n) is 6.04. The lowest BCUT2D eigenvalue weighted by molar-refractivity contribution is -0.137. The van der Waals surface area contributed by atoms with E-state index < -0.39 is 17.6 Å². The maximum atomic E-state index is 14.2. The number of carbonyl (C=O) groups excluding carboxylic acids is 4. The van der Waals surface area contributed by atoms with Crippen molar-refractivity contribution in [3.8, 4) is 0 Å². The van der Waals surface area contributed by atoms with Crippen molar-refractivity contribution in [2.24, 2.45) is 5.73 Å². The highest BCUT2D eigenvalue weighted by Crippen LogP contribution is 2.28. The quantitative estimate of drug-likeness (QED) is 0.234. The zero-order valence-corrected chi connectivity index (χ0v) is 27.5. The highest BCUT2D eigenvalue weighted by atomic mass is 35.5. The van der Waals surface area contributed by atoms with Gasteiger partial charge < -0.3 is 20.9 Å². The minimum atomic E-state index is -0.774. The number of rotatable bonds is 12. The molecule has 1 aliphatic heterocycles. The second-order valence-electron chi connectivity index (χ2n) is 12.4. The minimum Gasteiger partial charge on any atom is -0.364 e. The number of halogens is 3. The molecule has 1 saturated heterocycles. The van der Waals surface area contributed by atoms with Crippen molar-refractivity contribution >= 4 is 46.1 Å². The molecule has 2 fully saturated rings. The van der Waals surface area contributed by atoms with Crippen LogP contribution in [0.4, 0.5) is 8.78 Å². The maximum absolute atomic E-state index is 14.2. The van der Waals surface area contributed by atoms with Gasteiger partial charge in [0.05, 0.1) is 23.5 Å². The zero-order valence-electron chi connectivity index (χ0n) is 26.7. The summed E-state index contributed by atoms with van der Waals surface area (Å²) in [5.41, 5.74) is 8.04. The molecule has 0 radical (unpaired) electrons. The van der Waals surface area contributed by atoms with Gasteiger partial charge in [-0.25, -0.2) is 8.78 Å². The van der Waals surface area contributed by atoms with E-state index in [0.717, 1.165) is 18.4 Å². The van der Waals surface area contributed by atoms with Gasteiger partial charge in [0.2, 0.25) is 17.7 Å². The Kier molecular flexibility index (Phi) is 10.2. The second kappa shape index (κ2) is 14.7. The molecule has 14 heteroatoms. The molecule has 256 valence electrons. The number of fused-ring (bicyclic) bond motifs is 1. The van der Waals surface area contributed by atoms with E-state index in [2.05, 4.69) is 15.3 Å². The summed E-state index contributed by atoms with van der Waals surface area (Å²) >= 11 is 5.83. The smallest absolute Gasteiger partial charge is 0.269 e. The van der Waals surface area contributed by atoms with Gasteiger partial charge in [-0.3, -0.25) is 28.8 Å². The van der Waals surface area contributed by atoms with Crippen LogP contribution in [-0.4, -0.2) is 86.9 Å². The number of primary amides is 1. The number of hydrogen-bond acceptors (Lipinski definition) is 6. The van der Waals surface area contributed by atoms with Crippen LogP contribution in [0.15, 0.2) is 60.7 Å². The summed E-state index contributed by atoms with van der Waals surface area (Å²) in [5.74, 6) is -2.54. The summed E-state index contributed by atoms with van der Waals surface area (Å²) in [4.78, 5) is 57.3. The number of nitrogens with two attached hydrogens (primary N) is 1. The van der Waals surface area contributed by atoms with Gasteiger partial charge in [-0.15, -0.1) is 0 Å². The Morgan fingerprint density at radius 3 is 2.37 bits per heavy atom. The Hall–Kier alpha value is -4.88. The Balaban J connectivity index is 1.08. The first-order valence-electron chi connectivity index (χ1n) is 16.1. The molecule has 11 nitrogen and oxygen atoms in total. The Morgan fingerprint density at radius 1 is 0.959 bits per heavy atom. The van der Waals surface area contributed by atoms with Crippen molar-refractivity contribution in [2.75, 3.05) is 32.7 Å². The summed E-state index contributed by atoms with van der Waals surface area (Å²) in [6, 6.07) is 16.0. The standard InChI is InChI=1S/C35H36ClF2N7O4/c36-28-3-1-2-24(33(28)38)18-40-30(46)20-44(26-9-10-26)32(48)21-45-29-11-6-23(16-27(29)34(41-45)35(39)49)17-31(47)43-14-12-42(13-15-43)19-22-4-7-25(37)8-5-22/h1-8,11,16,26H,9-10,12-15,17-21H2,(H2,39,49)(H,40,46). The molecule has 1 aliphatic carbocycles. The first kappa shape index (κ1) is 34.0. The van der Waals surface area contributed by atoms with Gasteiger partial charge in [-0.05, 0) is 54.3 Å². The molecule has 4 aromatic rings. The van der Waals surface area contributed by atoms with Crippen molar-refractivity contribution in [3.63, 3.8) is 0 Å². The Labute approximate surface area is 286 Å². The summed E-state index contributed by atoms with van der Waals surface area (Å²) in [6.07, 6.45) is 1.60. The van der Waals surface area contributed by atoms with Crippen molar-refractivity contribution in [3.05, 3.63) is 99.7 Å². The highest BCUT2D eigenvalue weighted by molar-refractivity contribution is 6.30. The lowest BCUT2D eigenvalue weighted by Gasteiger charge is -2.34. The van der Waals surface area contributed by atoms with E-state index in [1.54, 1.807) is 41.3 Å². The number of nitrogens with zero attached hydrogens (tertiary/aromatic N) is 5. The fourth-order valence-corrected chi connectivity index (χ4v) is 6.24. The van der Waals surface area contributed by atoms with Crippen LogP contribution >= 0.6 is 11.6 Å². The van der Waals surface area contributed by atoms with Gasteiger partial charge in [0, 0.05) is 56.3 Å². The highest BCUT2D eigenvalue weighted by Gasteiger charge is 2.34. The molecule has 6 rings (SSSR count). The van der Waals surface area contributed by atoms with Crippen molar-refractivity contribution in [1.29, 1.82) is 0 Å². The number of aromatic nitrogens is 2. The SMILES string of the molecule is NC(=O)c1nn(CC(=O)N(CC(=O)NCc2cccc(Cl)c2F)C2CC2)c2ccc(CC(=O)N3CCN(Cc4ccc(F)cc4)CC3)cc12. The number of hydrogen-bond donors (Lipinski definition) is 2. The molecule has 4 amide bonds. The van der Waals surface area contributed by atoms with Crippen LogP contribution < -0.4 is 11.1 Å². The van der Waals surface area contributed by atoms with E-state index in [9.17, 15) is 28.0 Å². The van der Waals surface area contributed by atoms with E-state index >= 15 is 0 Å². The summed E-state index contributed by atoms with van der Waals surface area (Å²) in [6.45, 7) is 2.63. The lowest BCUT2D eigenvalue weighted by atomic mass is 10.1. The molecule has 1 aromatic heterocycles. The molecular formula is C35H36ClF2N7O4. The molecule has 0 atom stereocenters. The number of nitrogens with one attached hydrogen (secondary N) is 1. The Bertz CT molecular complexity index is 1890. The average molecular weight is 692 g/mol. The van der Waals surface area contributed by atoms with E-state index in [-0.39, 0.29) is 66.0 Å². The average Bonchev–Trinajstić information content (AvgIpc) is 3.87. The predicted molar refractivity (Wildman–Crippen MR) is 178 cm³/mol. The van der Waals surface area contributed by atoms with Crippen LogP contribution in [0.1, 0.15) is 40.0 Å². The zero-order chi connectivity index (χ0) is 34.7. The van der Waals surface area contributed by atoms with Crippen LogP contribution in [0.25, 0.3) is 10.9 Å². The normalized spacial score (nSPS) is 15.0. The van der Waals surface area contributed by atoms with Gasteiger partial charge in [0.15, 0.2) is 5.69 Å². The van der Waals surface area contributed by atoms with Crippen LogP contribution in [0, 0.1) is 11.6 Å².